The van der Waals surface area contributed by atoms with Crippen LogP contribution in [0.4, 0.5) is 5.69 Å². The molecule has 0 aliphatic carbocycles. The molecule has 0 aliphatic heterocycles. The van der Waals surface area contributed by atoms with Gasteiger partial charge in [-0.25, -0.2) is 0 Å². The fraction of sp³-hybridized carbons (Fsp3) is 0.500. The molecule has 2 heteroatoms. The van der Waals surface area contributed by atoms with Crippen LogP contribution in [0.5, 0.6) is 0 Å². The minimum atomic E-state index is 1.04. The van der Waals surface area contributed by atoms with Crippen molar-refractivity contribution in [1.82, 2.24) is 5.32 Å². The number of hydrogen-bond acceptors (Lipinski definition) is 2. The van der Waals surface area contributed by atoms with Crippen molar-refractivity contribution in [3.63, 3.8) is 0 Å². The first-order chi connectivity index (χ1) is 6.65. The van der Waals surface area contributed by atoms with Gasteiger partial charge in [-0.05, 0) is 44.1 Å². The number of aryl methyl sites for hydroxylation is 1. The van der Waals surface area contributed by atoms with Gasteiger partial charge in [-0.1, -0.05) is 12.1 Å². The summed E-state index contributed by atoms with van der Waals surface area (Å²) in [7, 11) is 6.16. The molecule has 0 saturated carbocycles. The molecule has 0 radical (unpaired) electrons. The van der Waals surface area contributed by atoms with E-state index in [1.54, 1.807) is 0 Å². The van der Waals surface area contributed by atoms with Crippen molar-refractivity contribution in [1.29, 1.82) is 0 Å². The molecule has 1 N–H and O–H groups in total. The summed E-state index contributed by atoms with van der Waals surface area (Å²) in [6.07, 6.45) is 1.09. The molecule has 0 aromatic heterocycles. The molecular formula is C12H20N2. The molecular weight excluding hydrogens is 172 g/mol. The third-order valence-electron chi connectivity index (χ3n) is 2.42. The van der Waals surface area contributed by atoms with Crippen LogP contribution in [0.15, 0.2) is 18.2 Å². The maximum atomic E-state index is 3.17. The van der Waals surface area contributed by atoms with Gasteiger partial charge in [0.1, 0.15) is 0 Å². The van der Waals surface area contributed by atoms with Gasteiger partial charge in [0.15, 0.2) is 0 Å². The van der Waals surface area contributed by atoms with Gasteiger partial charge in [-0.15, -0.1) is 0 Å². The predicted octanol–water partition coefficient (Wildman–Crippen LogP) is 1.82. The zero-order valence-electron chi connectivity index (χ0n) is 9.59. The lowest BCUT2D eigenvalue weighted by molar-refractivity contribution is 0.791. The summed E-state index contributed by atoms with van der Waals surface area (Å²) in [5.74, 6) is 0. The fourth-order valence-electron chi connectivity index (χ4n) is 1.56. The molecule has 1 aromatic rings. The van der Waals surface area contributed by atoms with Crippen LogP contribution in [0.3, 0.4) is 0 Å². The lowest BCUT2D eigenvalue weighted by Gasteiger charge is -2.16. The molecule has 1 rings (SSSR count). The van der Waals surface area contributed by atoms with E-state index in [9.17, 15) is 0 Å². The van der Waals surface area contributed by atoms with Gasteiger partial charge in [0.05, 0.1) is 0 Å². The van der Waals surface area contributed by atoms with E-state index in [0.717, 1.165) is 13.0 Å². The summed E-state index contributed by atoms with van der Waals surface area (Å²) in [6, 6.07) is 6.67. The smallest absolute Gasteiger partial charge is 0.0393 e. The molecule has 0 heterocycles. The largest absolute Gasteiger partial charge is 0.377 e. The number of benzene rings is 1. The van der Waals surface area contributed by atoms with Crippen molar-refractivity contribution in [3.8, 4) is 0 Å². The number of nitrogens with zero attached hydrogens (tertiary/aromatic N) is 1. The van der Waals surface area contributed by atoms with Crippen molar-refractivity contribution in [2.24, 2.45) is 0 Å². The van der Waals surface area contributed by atoms with Crippen molar-refractivity contribution >= 4 is 5.69 Å². The molecule has 0 saturated heterocycles. The third kappa shape index (κ3) is 2.74. The normalized spacial score (nSPS) is 10.3. The first-order valence-electron chi connectivity index (χ1n) is 5.06. The molecule has 1 aromatic carbocycles. The Balaban J connectivity index is 2.83. The second-order valence-corrected chi connectivity index (χ2v) is 3.87. The standard InChI is InChI=1S/C12H20N2/c1-10-5-6-11(7-8-13-2)9-12(10)14(3)4/h5-6,9,13H,7-8H2,1-4H3. The highest BCUT2D eigenvalue weighted by Crippen LogP contribution is 2.19. The minimum Gasteiger partial charge on any atom is -0.377 e. The molecule has 0 fully saturated rings. The first kappa shape index (κ1) is 11.1. The lowest BCUT2D eigenvalue weighted by atomic mass is 10.1. The molecule has 14 heavy (non-hydrogen) atoms. The first-order valence-corrected chi connectivity index (χ1v) is 5.06. The Morgan fingerprint density at radius 3 is 2.57 bits per heavy atom. The number of likely N-dealkylation sites (N-methyl/N-ethyl adjacent to an activating group) is 1. The van der Waals surface area contributed by atoms with Crippen molar-refractivity contribution in [2.75, 3.05) is 32.6 Å². The summed E-state index contributed by atoms with van der Waals surface area (Å²) in [5.41, 5.74) is 4.05. The molecule has 0 bridgehead atoms. The molecule has 2 nitrogen and oxygen atoms in total. The Kier molecular flexibility index (Phi) is 3.96. The van der Waals surface area contributed by atoms with Crippen LogP contribution >= 0.6 is 0 Å². The highest BCUT2D eigenvalue weighted by atomic mass is 15.1. The Bertz CT molecular complexity index is 292. The van der Waals surface area contributed by atoms with Gasteiger partial charge in [0, 0.05) is 19.8 Å². The summed E-state index contributed by atoms with van der Waals surface area (Å²) >= 11 is 0. The van der Waals surface area contributed by atoms with Gasteiger partial charge < -0.3 is 10.2 Å². The van der Waals surface area contributed by atoms with Crippen LogP contribution in [-0.2, 0) is 6.42 Å². The van der Waals surface area contributed by atoms with Gasteiger partial charge in [-0.3, -0.25) is 0 Å². The SMILES string of the molecule is CNCCc1ccc(C)c(N(C)C)c1. The second-order valence-electron chi connectivity index (χ2n) is 3.87. The van der Waals surface area contributed by atoms with Crippen LogP contribution < -0.4 is 10.2 Å². The van der Waals surface area contributed by atoms with E-state index < -0.39 is 0 Å². The maximum Gasteiger partial charge on any atom is 0.0393 e. The van der Waals surface area contributed by atoms with E-state index in [4.69, 9.17) is 0 Å². The molecule has 0 spiro atoms. The maximum absolute atomic E-state index is 3.17. The van der Waals surface area contributed by atoms with Crippen molar-refractivity contribution in [2.45, 2.75) is 13.3 Å². The molecule has 0 unspecified atom stereocenters. The van der Waals surface area contributed by atoms with Gasteiger partial charge in [0.25, 0.3) is 0 Å². The topological polar surface area (TPSA) is 15.3 Å². The predicted molar refractivity (Wildman–Crippen MR) is 63.1 cm³/mol. The van der Waals surface area contributed by atoms with E-state index in [-0.39, 0.29) is 0 Å². The monoisotopic (exact) mass is 192 g/mol. The quantitative estimate of drug-likeness (QED) is 0.783. The summed E-state index contributed by atoms with van der Waals surface area (Å²) in [5, 5.41) is 3.17. The Hall–Kier alpha value is -1.02. The Morgan fingerprint density at radius 1 is 1.29 bits per heavy atom. The van der Waals surface area contributed by atoms with Gasteiger partial charge in [0.2, 0.25) is 0 Å². The fourth-order valence-corrected chi connectivity index (χ4v) is 1.56. The number of nitrogens with one attached hydrogen (secondary N) is 1. The summed E-state index contributed by atoms with van der Waals surface area (Å²) in [6.45, 7) is 3.19. The summed E-state index contributed by atoms with van der Waals surface area (Å²) in [4.78, 5) is 2.16. The van der Waals surface area contributed by atoms with Crippen molar-refractivity contribution in [3.05, 3.63) is 29.3 Å². The average molecular weight is 192 g/mol. The molecule has 0 atom stereocenters. The Labute approximate surface area is 86.9 Å². The third-order valence-corrected chi connectivity index (χ3v) is 2.42. The Morgan fingerprint density at radius 2 is 2.00 bits per heavy atom. The van der Waals surface area contributed by atoms with E-state index in [0.29, 0.717) is 0 Å². The van der Waals surface area contributed by atoms with E-state index in [2.05, 4.69) is 49.4 Å². The van der Waals surface area contributed by atoms with Crippen LogP contribution in [0, 0.1) is 6.92 Å². The highest BCUT2D eigenvalue weighted by Gasteiger charge is 2.01. The van der Waals surface area contributed by atoms with Gasteiger partial charge in [-0.2, -0.15) is 0 Å². The number of anilines is 1. The zero-order chi connectivity index (χ0) is 10.6. The van der Waals surface area contributed by atoms with Crippen molar-refractivity contribution < 1.29 is 0 Å². The zero-order valence-corrected chi connectivity index (χ0v) is 9.59. The second kappa shape index (κ2) is 5.01. The van der Waals surface area contributed by atoms with Gasteiger partial charge >= 0.3 is 0 Å². The van der Waals surface area contributed by atoms with E-state index in [1.165, 1.54) is 16.8 Å². The average Bonchev–Trinajstić information content (AvgIpc) is 2.16. The van der Waals surface area contributed by atoms with Crippen LogP contribution in [0.25, 0.3) is 0 Å². The highest BCUT2D eigenvalue weighted by molar-refractivity contribution is 5.53. The lowest BCUT2D eigenvalue weighted by Crippen LogP contribution is -2.13. The van der Waals surface area contributed by atoms with Crippen LogP contribution in [0.1, 0.15) is 11.1 Å². The van der Waals surface area contributed by atoms with E-state index in [1.807, 2.05) is 7.05 Å². The number of hydrogen-bond donors (Lipinski definition) is 1. The number of rotatable bonds is 4. The van der Waals surface area contributed by atoms with Crippen LogP contribution in [0.2, 0.25) is 0 Å². The van der Waals surface area contributed by atoms with Crippen LogP contribution in [-0.4, -0.2) is 27.7 Å². The molecule has 78 valence electrons. The summed E-state index contributed by atoms with van der Waals surface area (Å²) < 4.78 is 0. The molecule has 0 aliphatic rings. The minimum absolute atomic E-state index is 1.04. The van der Waals surface area contributed by atoms with E-state index >= 15 is 0 Å². The molecule has 0 amide bonds.